The van der Waals surface area contributed by atoms with E-state index < -0.39 is 33.0 Å². The van der Waals surface area contributed by atoms with Gasteiger partial charge in [0.1, 0.15) is 29.1 Å². The largest absolute Gasteiger partial charge is 0.487 e. The van der Waals surface area contributed by atoms with Gasteiger partial charge in [-0.25, -0.2) is 17.2 Å². The van der Waals surface area contributed by atoms with Crippen LogP contribution in [0.25, 0.3) is 0 Å². The van der Waals surface area contributed by atoms with Crippen molar-refractivity contribution in [3.8, 4) is 11.8 Å². The molecule has 1 heterocycles. The molecule has 3 rings (SSSR count). The Labute approximate surface area is 192 Å². The summed E-state index contributed by atoms with van der Waals surface area (Å²) in [6, 6.07) is 7.61. The summed E-state index contributed by atoms with van der Waals surface area (Å²) >= 11 is 0. The van der Waals surface area contributed by atoms with E-state index in [1.807, 2.05) is 20.8 Å². The van der Waals surface area contributed by atoms with E-state index in [-0.39, 0.29) is 53.6 Å². The average Bonchev–Trinajstić information content (AvgIpc) is 2.73. The summed E-state index contributed by atoms with van der Waals surface area (Å²) in [5, 5.41) is 8.85. The van der Waals surface area contributed by atoms with E-state index in [9.17, 15) is 22.0 Å². The summed E-state index contributed by atoms with van der Waals surface area (Å²) in [6.45, 7) is 6.32. The molecule has 1 fully saturated rings. The van der Waals surface area contributed by atoms with Gasteiger partial charge >= 0.3 is 0 Å². The first-order valence-electron chi connectivity index (χ1n) is 10.3. The molecular formula is C23H25F2N3O4S. The number of hydrogen-bond acceptors (Lipinski definition) is 6. The number of piperazine rings is 1. The quantitative estimate of drug-likeness (QED) is 0.671. The molecule has 1 aliphatic rings. The highest BCUT2D eigenvalue weighted by molar-refractivity contribution is 7.90. The summed E-state index contributed by atoms with van der Waals surface area (Å²) in [7, 11) is -3.54. The molecule has 0 spiro atoms. The van der Waals surface area contributed by atoms with E-state index in [0.29, 0.717) is 0 Å². The highest BCUT2D eigenvalue weighted by atomic mass is 32.2. The number of nitrogens with zero attached hydrogens (tertiary/aromatic N) is 3. The molecular weight excluding hydrogens is 452 g/mol. The molecule has 7 nitrogen and oxygen atoms in total. The van der Waals surface area contributed by atoms with Crippen LogP contribution in [0.3, 0.4) is 0 Å². The lowest BCUT2D eigenvalue weighted by Gasteiger charge is -2.36. The maximum Gasteiger partial charge on any atom is 0.257 e. The number of carbonyl (C=O) groups excluding carboxylic acids is 1. The molecule has 2 aromatic carbocycles. The predicted molar refractivity (Wildman–Crippen MR) is 119 cm³/mol. The molecule has 0 aliphatic carbocycles. The van der Waals surface area contributed by atoms with E-state index in [4.69, 9.17) is 10.00 Å². The molecule has 0 bridgehead atoms. The number of hydrogen-bond donors (Lipinski definition) is 0. The third kappa shape index (κ3) is 5.60. The first kappa shape index (κ1) is 24.5. The Hall–Kier alpha value is -3.19. The molecule has 176 valence electrons. The van der Waals surface area contributed by atoms with Gasteiger partial charge in [-0.05, 0) is 45.0 Å². The van der Waals surface area contributed by atoms with Crippen LogP contribution < -0.4 is 9.64 Å². The molecule has 0 saturated carbocycles. The number of ether oxygens (including phenoxy) is 1. The highest BCUT2D eigenvalue weighted by Crippen LogP contribution is 2.29. The Morgan fingerprint density at radius 1 is 1.06 bits per heavy atom. The summed E-state index contributed by atoms with van der Waals surface area (Å²) in [5.74, 6) is -1.67. The van der Waals surface area contributed by atoms with Gasteiger partial charge in [-0.1, -0.05) is 0 Å². The van der Waals surface area contributed by atoms with Crippen LogP contribution in [0, 0.1) is 23.0 Å². The van der Waals surface area contributed by atoms with Gasteiger partial charge in [-0.15, -0.1) is 0 Å². The minimum atomic E-state index is -3.54. The van der Waals surface area contributed by atoms with Crippen molar-refractivity contribution in [1.82, 2.24) is 4.90 Å². The molecule has 0 radical (unpaired) electrons. The zero-order valence-electron chi connectivity index (χ0n) is 18.9. The Balaban J connectivity index is 1.84. The minimum absolute atomic E-state index is 0.000809. The first-order chi connectivity index (χ1) is 15.3. The molecule has 0 unspecified atom stereocenters. The van der Waals surface area contributed by atoms with Crippen molar-refractivity contribution in [3.05, 3.63) is 53.1 Å². The van der Waals surface area contributed by atoms with Crippen molar-refractivity contribution < 1.29 is 26.7 Å². The Morgan fingerprint density at radius 3 is 2.24 bits per heavy atom. The molecule has 10 heteroatoms. The fraction of sp³-hybridized carbons (Fsp3) is 0.391. The van der Waals surface area contributed by atoms with Gasteiger partial charge in [0.25, 0.3) is 5.91 Å². The summed E-state index contributed by atoms with van der Waals surface area (Å²) in [6.07, 6.45) is 1.06. The topological polar surface area (TPSA) is 90.7 Å². The van der Waals surface area contributed by atoms with Crippen LogP contribution in [-0.2, 0) is 9.84 Å². The molecule has 1 aliphatic heterocycles. The minimum Gasteiger partial charge on any atom is -0.487 e. The van der Waals surface area contributed by atoms with Crippen molar-refractivity contribution in [1.29, 1.82) is 5.26 Å². The van der Waals surface area contributed by atoms with Gasteiger partial charge < -0.3 is 14.5 Å². The van der Waals surface area contributed by atoms with Gasteiger partial charge in [0.15, 0.2) is 9.84 Å². The normalized spacial score (nSPS) is 14.7. The van der Waals surface area contributed by atoms with Gasteiger partial charge in [0.2, 0.25) is 0 Å². The number of carbonyl (C=O) groups is 1. The summed E-state index contributed by atoms with van der Waals surface area (Å²) in [4.78, 5) is 16.4. The van der Waals surface area contributed by atoms with Gasteiger partial charge in [-0.3, -0.25) is 4.79 Å². The second-order valence-electron chi connectivity index (χ2n) is 8.82. The Kier molecular flexibility index (Phi) is 6.65. The summed E-state index contributed by atoms with van der Waals surface area (Å²) in [5.41, 5.74) is -0.842. The average molecular weight is 478 g/mol. The number of halogens is 2. The number of anilines is 1. The van der Waals surface area contributed by atoms with Crippen molar-refractivity contribution in [2.24, 2.45) is 0 Å². The SMILES string of the molecule is CC(C)(C)Oc1ccc(S(C)(=O)=O)cc1C(=O)N1CCN(c2cc(F)c(C#N)cc2F)CC1. The predicted octanol–water partition coefficient (Wildman–Crippen LogP) is 3.38. The lowest BCUT2D eigenvalue weighted by molar-refractivity contribution is 0.0730. The third-order valence-corrected chi connectivity index (χ3v) is 6.20. The van der Waals surface area contributed by atoms with E-state index in [1.54, 1.807) is 11.0 Å². The van der Waals surface area contributed by atoms with Crippen LogP contribution in [0.2, 0.25) is 0 Å². The number of rotatable bonds is 4. The van der Waals surface area contributed by atoms with Crippen LogP contribution in [0.5, 0.6) is 5.75 Å². The molecule has 0 N–H and O–H groups in total. The lowest BCUT2D eigenvalue weighted by atomic mass is 10.1. The van der Waals surface area contributed by atoms with Gasteiger partial charge in [0, 0.05) is 38.5 Å². The van der Waals surface area contributed by atoms with Crippen molar-refractivity contribution in [3.63, 3.8) is 0 Å². The van der Waals surface area contributed by atoms with Crippen molar-refractivity contribution in [2.75, 3.05) is 37.3 Å². The molecule has 2 aromatic rings. The van der Waals surface area contributed by atoms with E-state index in [2.05, 4.69) is 0 Å². The molecule has 1 amide bonds. The fourth-order valence-electron chi connectivity index (χ4n) is 3.51. The number of benzene rings is 2. The molecule has 33 heavy (non-hydrogen) atoms. The van der Waals surface area contributed by atoms with Crippen molar-refractivity contribution in [2.45, 2.75) is 31.3 Å². The van der Waals surface area contributed by atoms with E-state index >= 15 is 0 Å². The fourth-order valence-corrected chi connectivity index (χ4v) is 4.16. The van der Waals surface area contributed by atoms with E-state index in [1.165, 1.54) is 23.1 Å². The Morgan fingerprint density at radius 2 is 1.70 bits per heavy atom. The van der Waals surface area contributed by atoms with Crippen LogP contribution in [-0.4, -0.2) is 57.3 Å². The van der Waals surface area contributed by atoms with Crippen LogP contribution >= 0.6 is 0 Å². The summed E-state index contributed by atoms with van der Waals surface area (Å²) < 4.78 is 58.3. The number of nitriles is 1. The Bertz CT molecular complexity index is 1230. The highest BCUT2D eigenvalue weighted by Gasteiger charge is 2.28. The lowest BCUT2D eigenvalue weighted by Crippen LogP contribution is -2.49. The number of sulfone groups is 1. The third-order valence-electron chi connectivity index (χ3n) is 5.09. The van der Waals surface area contributed by atoms with Crippen LogP contribution in [0.4, 0.5) is 14.5 Å². The monoisotopic (exact) mass is 477 g/mol. The van der Waals surface area contributed by atoms with Gasteiger partial charge in [0.05, 0.1) is 21.7 Å². The maximum atomic E-state index is 14.4. The zero-order valence-corrected chi connectivity index (χ0v) is 19.7. The second-order valence-corrected chi connectivity index (χ2v) is 10.8. The number of amides is 1. The second kappa shape index (κ2) is 8.98. The first-order valence-corrected chi connectivity index (χ1v) is 12.2. The van der Waals surface area contributed by atoms with E-state index in [0.717, 1.165) is 18.4 Å². The van der Waals surface area contributed by atoms with Crippen molar-refractivity contribution >= 4 is 21.4 Å². The molecule has 1 saturated heterocycles. The standard InChI is InChI=1S/C23H25F2N3O4S/c1-23(2,3)32-21-6-5-16(33(4,30)31)12-17(21)22(29)28-9-7-27(8-10-28)20-13-18(24)15(14-26)11-19(20)25/h5-6,11-13H,7-10H2,1-4H3. The smallest absolute Gasteiger partial charge is 0.257 e. The van der Waals surface area contributed by atoms with Gasteiger partial charge in [-0.2, -0.15) is 5.26 Å². The van der Waals surface area contributed by atoms with Crippen LogP contribution in [0.15, 0.2) is 35.2 Å². The maximum absolute atomic E-state index is 14.4. The molecule has 0 atom stereocenters. The zero-order chi connectivity index (χ0) is 24.6. The molecule has 0 aromatic heterocycles. The van der Waals surface area contributed by atoms with Crippen LogP contribution in [0.1, 0.15) is 36.7 Å².